The molecule has 100 valence electrons. The Hall–Kier alpha value is -1.55. The number of nitrogens with one attached hydrogen (secondary N) is 2. The van der Waals surface area contributed by atoms with E-state index in [0.29, 0.717) is 18.6 Å². The highest BCUT2D eigenvalue weighted by Gasteiger charge is 2.06. The average Bonchev–Trinajstić information content (AvgIpc) is 2.36. The molecule has 2 N–H and O–H groups in total. The van der Waals surface area contributed by atoms with Crippen molar-refractivity contribution in [2.24, 2.45) is 5.92 Å². The van der Waals surface area contributed by atoms with Crippen molar-refractivity contribution in [3.8, 4) is 0 Å². The van der Waals surface area contributed by atoms with E-state index >= 15 is 0 Å². The van der Waals surface area contributed by atoms with Gasteiger partial charge in [0.05, 0.1) is 6.61 Å². The standard InChI is InChI=1S/C14H22N2O2/c1-10(2)9-18-14(17)16-13-7-5-12(6-8-13)11(3)15-4/h5-8,10-11,15H,9H2,1-4H3,(H,16,17). The van der Waals surface area contributed by atoms with E-state index < -0.39 is 6.09 Å². The molecule has 1 rings (SSSR count). The van der Waals surface area contributed by atoms with Crippen molar-refractivity contribution in [1.82, 2.24) is 5.32 Å². The predicted molar refractivity (Wildman–Crippen MR) is 73.7 cm³/mol. The van der Waals surface area contributed by atoms with Crippen LogP contribution in [0.4, 0.5) is 10.5 Å². The summed E-state index contributed by atoms with van der Waals surface area (Å²) in [5.41, 5.74) is 1.93. The molecule has 1 aromatic carbocycles. The molecule has 1 unspecified atom stereocenters. The van der Waals surface area contributed by atoms with Crippen LogP contribution >= 0.6 is 0 Å². The van der Waals surface area contributed by atoms with Gasteiger partial charge in [-0.05, 0) is 37.6 Å². The van der Waals surface area contributed by atoms with Crippen LogP contribution in [0.15, 0.2) is 24.3 Å². The number of carbonyl (C=O) groups excluding carboxylic acids is 1. The zero-order valence-electron chi connectivity index (χ0n) is 11.5. The first kappa shape index (κ1) is 14.5. The van der Waals surface area contributed by atoms with Gasteiger partial charge >= 0.3 is 6.09 Å². The van der Waals surface area contributed by atoms with Gasteiger partial charge in [-0.2, -0.15) is 0 Å². The molecule has 0 radical (unpaired) electrons. The maximum absolute atomic E-state index is 11.4. The molecule has 0 aliphatic rings. The topological polar surface area (TPSA) is 50.4 Å². The molecule has 18 heavy (non-hydrogen) atoms. The number of ether oxygens (including phenoxy) is 1. The van der Waals surface area contributed by atoms with Crippen molar-refractivity contribution in [2.75, 3.05) is 19.0 Å². The lowest BCUT2D eigenvalue weighted by molar-refractivity contribution is 0.147. The second-order valence-electron chi connectivity index (χ2n) is 4.75. The highest BCUT2D eigenvalue weighted by molar-refractivity contribution is 5.84. The van der Waals surface area contributed by atoms with Gasteiger partial charge in [0, 0.05) is 11.7 Å². The smallest absolute Gasteiger partial charge is 0.411 e. The molecule has 0 aliphatic carbocycles. The Balaban J connectivity index is 2.50. The summed E-state index contributed by atoms with van der Waals surface area (Å²) < 4.78 is 5.04. The summed E-state index contributed by atoms with van der Waals surface area (Å²) >= 11 is 0. The van der Waals surface area contributed by atoms with E-state index in [1.54, 1.807) is 0 Å². The predicted octanol–water partition coefficient (Wildman–Crippen LogP) is 3.17. The van der Waals surface area contributed by atoms with E-state index in [1.165, 1.54) is 5.56 Å². The third-order valence-electron chi connectivity index (χ3n) is 2.64. The molecule has 4 heteroatoms. The van der Waals surface area contributed by atoms with Gasteiger partial charge < -0.3 is 10.1 Å². The van der Waals surface area contributed by atoms with Crippen LogP contribution < -0.4 is 10.6 Å². The molecule has 0 fully saturated rings. The molecule has 0 heterocycles. The summed E-state index contributed by atoms with van der Waals surface area (Å²) in [6.07, 6.45) is -0.405. The lowest BCUT2D eigenvalue weighted by Crippen LogP contribution is -2.17. The molecule has 0 bridgehead atoms. The summed E-state index contributed by atoms with van der Waals surface area (Å²) in [6, 6.07) is 8.02. The van der Waals surface area contributed by atoms with Gasteiger partial charge in [-0.3, -0.25) is 5.32 Å². The third-order valence-corrected chi connectivity index (χ3v) is 2.64. The third kappa shape index (κ3) is 4.75. The van der Waals surface area contributed by atoms with Crippen molar-refractivity contribution in [2.45, 2.75) is 26.8 Å². The fourth-order valence-electron chi connectivity index (χ4n) is 1.42. The van der Waals surface area contributed by atoms with E-state index in [1.807, 2.05) is 45.2 Å². The first-order valence-electron chi connectivity index (χ1n) is 6.24. The lowest BCUT2D eigenvalue weighted by Gasteiger charge is -2.12. The average molecular weight is 250 g/mol. The molecule has 0 saturated heterocycles. The van der Waals surface area contributed by atoms with Crippen LogP contribution in [0.25, 0.3) is 0 Å². The number of carbonyl (C=O) groups is 1. The summed E-state index contributed by atoms with van der Waals surface area (Å²) in [5, 5.41) is 5.86. The Morgan fingerprint density at radius 2 is 1.83 bits per heavy atom. The molecule has 1 amide bonds. The molecule has 0 aliphatic heterocycles. The first-order chi connectivity index (χ1) is 8.52. The van der Waals surface area contributed by atoms with Gasteiger partial charge in [-0.1, -0.05) is 26.0 Å². The van der Waals surface area contributed by atoms with Crippen LogP contribution in [-0.2, 0) is 4.74 Å². The minimum atomic E-state index is -0.405. The van der Waals surface area contributed by atoms with Crippen LogP contribution in [0, 0.1) is 5.92 Å². The number of hydrogen-bond acceptors (Lipinski definition) is 3. The van der Waals surface area contributed by atoms with Crippen molar-refractivity contribution in [3.63, 3.8) is 0 Å². The number of amides is 1. The lowest BCUT2D eigenvalue weighted by atomic mass is 10.1. The SMILES string of the molecule is CNC(C)c1ccc(NC(=O)OCC(C)C)cc1. The summed E-state index contributed by atoms with van der Waals surface area (Å²) in [7, 11) is 1.92. The van der Waals surface area contributed by atoms with Crippen molar-refractivity contribution in [1.29, 1.82) is 0 Å². The van der Waals surface area contributed by atoms with Gasteiger partial charge in [0.15, 0.2) is 0 Å². The quantitative estimate of drug-likeness (QED) is 0.844. The number of rotatable bonds is 5. The second kappa shape index (κ2) is 7.01. The molecule has 4 nitrogen and oxygen atoms in total. The minimum absolute atomic E-state index is 0.298. The molecule has 1 aromatic rings. The number of benzene rings is 1. The van der Waals surface area contributed by atoms with Crippen molar-refractivity contribution < 1.29 is 9.53 Å². The Labute approximate surface area is 109 Å². The zero-order valence-corrected chi connectivity index (χ0v) is 11.5. The highest BCUT2D eigenvalue weighted by Crippen LogP contribution is 2.15. The largest absolute Gasteiger partial charge is 0.449 e. The van der Waals surface area contributed by atoms with E-state index in [0.717, 1.165) is 5.69 Å². The summed E-state index contributed by atoms with van der Waals surface area (Å²) in [6.45, 7) is 6.52. The van der Waals surface area contributed by atoms with Gasteiger partial charge in [-0.25, -0.2) is 4.79 Å². The highest BCUT2D eigenvalue weighted by atomic mass is 16.5. The fourth-order valence-corrected chi connectivity index (χ4v) is 1.42. The van der Waals surface area contributed by atoms with Crippen LogP contribution in [-0.4, -0.2) is 19.7 Å². The fraction of sp³-hybridized carbons (Fsp3) is 0.500. The molecule has 1 atom stereocenters. The second-order valence-corrected chi connectivity index (χ2v) is 4.75. The Morgan fingerprint density at radius 3 is 2.33 bits per heavy atom. The maximum atomic E-state index is 11.4. The molecule has 0 saturated carbocycles. The summed E-state index contributed by atoms with van der Waals surface area (Å²) in [5.74, 6) is 0.342. The Kier molecular flexibility index (Phi) is 5.65. The first-order valence-corrected chi connectivity index (χ1v) is 6.24. The number of hydrogen-bond donors (Lipinski definition) is 2. The van der Waals surface area contributed by atoms with Crippen LogP contribution in [0.5, 0.6) is 0 Å². The van der Waals surface area contributed by atoms with Crippen LogP contribution in [0.2, 0.25) is 0 Å². The van der Waals surface area contributed by atoms with E-state index in [9.17, 15) is 4.79 Å². The van der Waals surface area contributed by atoms with Crippen molar-refractivity contribution >= 4 is 11.8 Å². The number of anilines is 1. The molecular formula is C14H22N2O2. The van der Waals surface area contributed by atoms with Crippen LogP contribution in [0.1, 0.15) is 32.4 Å². The Morgan fingerprint density at radius 1 is 1.22 bits per heavy atom. The van der Waals surface area contributed by atoms with Gasteiger partial charge in [0.1, 0.15) is 0 Å². The molecular weight excluding hydrogens is 228 g/mol. The van der Waals surface area contributed by atoms with Gasteiger partial charge in [0.25, 0.3) is 0 Å². The van der Waals surface area contributed by atoms with Crippen LogP contribution in [0.3, 0.4) is 0 Å². The van der Waals surface area contributed by atoms with E-state index in [4.69, 9.17) is 4.74 Å². The monoisotopic (exact) mass is 250 g/mol. The normalized spacial score (nSPS) is 12.3. The Bertz CT molecular complexity index is 374. The maximum Gasteiger partial charge on any atom is 0.411 e. The molecule has 0 spiro atoms. The van der Waals surface area contributed by atoms with E-state index in [-0.39, 0.29) is 0 Å². The summed E-state index contributed by atoms with van der Waals surface area (Å²) in [4.78, 5) is 11.4. The zero-order chi connectivity index (χ0) is 13.5. The minimum Gasteiger partial charge on any atom is -0.449 e. The van der Waals surface area contributed by atoms with Gasteiger partial charge in [-0.15, -0.1) is 0 Å². The van der Waals surface area contributed by atoms with Crippen molar-refractivity contribution in [3.05, 3.63) is 29.8 Å². The molecule has 0 aromatic heterocycles. The van der Waals surface area contributed by atoms with E-state index in [2.05, 4.69) is 17.6 Å². The van der Waals surface area contributed by atoms with Gasteiger partial charge in [0.2, 0.25) is 0 Å².